The molecule has 0 radical (unpaired) electrons. The third kappa shape index (κ3) is 3.43. The molecule has 0 saturated heterocycles. The van der Waals surface area contributed by atoms with Gasteiger partial charge in [-0.25, -0.2) is 9.18 Å². The van der Waals surface area contributed by atoms with Gasteiger partial charge in [0.1, 0.15) is 17.3 Å². The van der Waals surface area contributed by atoms with E-state index in [1.165, 1.54) is 14.2 Å². The molecular formula is C21H19FO6. The molecule has 3 rings (SSSR count). The van der Waals surface area contributed by atoms with Gasteiger partial charge >= 0.3 is 11.9 Å². The molecule has 0 amide bonds. The highest BCUT2D eigenvalue weighted by Crippen LogP contribution is 2.40. The van der Waals surface area contributed by atoms with Crippen LogP contribution in [0.3, 0.4) is 0 Å². The van der Waals surface area contributed by atoms with Crippen LogP contribution in [0.25, 0.3) is 21.5 Å². The summed E-state index contributed by atoms with van der Waals surface area (Å²) >= 11 is 0. The molecule has 6 nitrogen and oxygen atoms in total. The third-order valence-corrected chi connectivity index (χ3v) is 4.52. The number of carbonyl (C=O) groups is 2. The van der Waals surface area contributed by atoms with E-state index < -0.39 is 23.9 Å². The summed E-state index contributed by atoms with van der Waals surface area (Å²) in [6.45, 7) is 1.14. The minimum absolute atomic E-state index is 0.127. The second-order valence-corrected chi connectivity index (χ2v) is 6.24. The highest BCUT2D eigenvalue weighted by Gasteiger charge is 2.25. The highest BCUT2D eigenvalue weighted by molar-refractivity contribution is 6.07. The molecule has 0 fully saturated rings. The zero-order chi connectivity index (χ0) is 20.4. The fourth-order valence-electron chi connectivity index (χ4n) is 3.32. The van der Waals surface area contributed by atoms with Crippen molar-refractivity contribution in [3.8, 4) is 11.5 Å². The first kappa shape index (κ1) is 19.4. The summed E-state index contributed by atoms with van der Waals surface area (Å²) in [6.07, 6.45) is -1.52. The van der Waals surface area contributed by atoms with Crippen LogP contribution in [0.2, 0.25) is 0 Å². The van der Waals surface area contributed by atoms with Crippen molar-refractivity contribution in [2.75, 3.05) is 14.2 Å². The molecule has 1 atom stereocenters. The zero-order valence-corrected chi connectivity index (χ0v) is 15.6. The third-order valence-electron chi connectivity index (χ3n) is 4.52. The van der Waals surface area contributed by atoms with Crippen LogP contribution >= 0.6 is 0 Å². The highest BCUT2D eigenvalue weighted by atomic mass is 19.1. The molecule has 146 valence electrons. The first-order chi connectivity index (χ1) is 13.4. The number of benzene rings is 3. The van der Waals surface area contributed by atoms with Crippen LogP contribution in [0.1, 0.15) is 12.5 Å². The second-order valence-electron chi connectivity index (χ2n) is 6.24. The van der Waals surface area contributed by atoms with Crippen molar-refractivity contribution in [2.45, 2.75) is 19.4 Å². The lowest BCUT2D eigenvalue weighted by Gasteiger charge is -2.18. The van der Waals surface area contributed by atoms with Gasteiger partial charge in [0, 0.05) is 34.9 Å². The minimum Gasteiger partial charge on any atom is -0.497 e. The number of fused-ring (bicyclic) bond motifs is 2. The molecule has 0 heterocycles. The predicted molar refractivity (Wildman–Crippen MR) is 101 cm³/mol. The summed E-state index contributed by atoms with van der Waals surface area (Å²) in [6, 6.07) is 9.81. The second kappa shape index (κ2) is 7.72. The molecule has 0 saturated carbocycles. The Bertz CT molecular complexity index is 1080. The van der Waals surface area contributed by atoms with Gasteiger partial charge in [0.15, 0.2) is 0 Å². The van der Waals surface area contributed by atoms with E-state index in [2.05, 4.69) is 0 Å². The largest absolute Gasteiger partial charge is 0.497 e. The number of hydrogen-bond donors (Lipinski definition) is 1. The molecule has 28 heavy (non-hydrogen) atoms. The summed E-state index contributed by atoms with van der Waals surface area (Å²) in [5.41, 5.74) is 0.492. The van der Waals surface area contributed by atoms with Gasteiger partial charge in [-0.05, 0) is 23.8 Å². The van der Waals surface area contributed by atoms with Crippen molar-refractivity contribution in [1.29, 1.82) is 0 Å². The van der Waals surface area contributed by atoms with Crippen LogP contribution in [-0.4, -0.2) is 37.4 Å². The molecule has 0 aliphatic rings. The Morgan fingerprint density at radius 3 is 2.43 bits per heavy atom. The van der Waals surface area contributed by atoms with Crippen molar-refractivity contribution < 1.29 is 33.3 Å². The maximum atomic E-state index is 15.2. The van der Waals surface area contributed by atoms with Crippen molar-refractivity contribution in [3.05, 3.63) is 47.8 Å². The van der Waals surface area contributed by atoms with Crippen molar-refractivity contribution in [1.82, 2.24) is 0 Å². The van der Waals surface area contributed by atoms with E-state index in [1.807, 2.05) is 0 Å². The smallest absolute Gasteiger partial charge is 0.345 e. The number of esters is 1. The van der Waals surface area contributed by atoms with Crippen LogP contribution < -0.4 is 9.47 Å². The Morgan fingerprint density at radius 1 is 1.07 bits per heavy atom. The van der Waals surface area contributed by atoms with E-state index in [4.69, 9.17) is 14.2 Å². The number of methoxy groups -OCH3 is 2. The lowest BCUT2D eigenvalue weighted by molar-refractivity contribution is -0.162. The molecule has 0 bridgehead atoms. The lowest BCUT2D eigenvalue weighted by atomic mass is 9.94. The molecule has 0 aromatic heterocycles. The Labute approximate surface area is 160 Å². The molecule has 3 aromatic carbocycles. The molecule has 0 aliphatic carbocycles. The van der Waals surface area contributed by atoms with Gasteiger partial charge in [0.25, 0.3) is 0 Å². The summed E-state index contributed by atoms with van der Waals surface area (Å²) in [4.78, 5) is 22.7. The van der Waals surface area contributed by atoms with Gasteiger partial charge in [0.05, 0.1) is 14.2 Å². The average molecular weight is 386 g/mol. The quantitative estimate of drug-likeness (QED) is 0.514. The Hall–Kier alpha value is -3.35. The maximum absolute atomic E-state index is 15.2. The number of rotatable bonds is 6. The van der Waals surface area contributed by atoms with Crippen molar-refractivity contribution >= 4 is 33.5 Å². The van der Waals surface area contributed by atoms with Crippen molar-refractivity contribution in [3.63, 3.8) is 0 Å². The normalized spacial score (nSPS) is 12.0. The van der Waals surface area contributed by atoms with E-state index in [9.17, 15) is 14.7 Å². The van der Waals surface area contributed by atoms with Crippen LogP contribution in [-0.2, 0) is 20.7 Å². The molecular weight excluding hydrogens is 367 g/mol. The predicted octanol–water partition coefficient (Wildman–Crippen LogP) is 3.71. The van der Waals surface area contributed by atoms with Crippen LogP contribution in [0.5, 0.6) is 11.5 Å². The number of aliphatic carboxylic acids is 1. The first-order valence-corrected chi connectivity index (χ1v) is 8.52. The summed E-state index contributed by atoms with van der Waals surface area (Å²) in [7, 11) is 2.97. The molecule has 7 heteroatoms. The first-order valence-electron chi connectivity index (χ1n) is 8.52. The van der Waals surface area contributed by atoms with E-state index in [0.717, 1.165) is 6.92 Å². The van der Waals surface area contributed by atoms with Gasteiger partial charge in [-0.1, -0.05) is 18.2 Å². The van der Waals surface area contributed by atoms with E-state index in [0.29, 0.717) is 38.6 Å². The summed E-state index contributed by atoms with van der Waals surface area (Å²) in [5, 5.41) is 11.0. The number of carboxylic acid groups (broad SMARTS) is 1. The summed E-state index contributed by atoms with van der Waals surface area (Å²) in [5.74, 6) is -1.51. The average Bonchev–Trinajstić information content (AvgIpc) is 2.67. The monoisotopic (exact) mass is 386 g/mol. The molecule has 0 aliphatic heterocycles. The standard InChI is InChI=1S/C21H19FO6/c1-11(23)28-17(21(24)25)9-12-5-4-6-15-18(12)20(27-3)16-10-13(26-2)7-8-14(16)19(15)22/h4-8,10,17H,9H2,1-3H3,(H,24,25). The fourth-order valence-corrected chi connectivity index (χ4v) is 3.32. The fraction of sp³-hybridized carbons (Fsp3) is 0.238. The van der Waals surface area contributed by atoms with Crippen LogP contribution in [0.4, 0.5) is 4.39 Å². The summed E-state index contributed by atoms with van der Waals surface area (Å²) < 4.78 is 30.9. The Balaban J connectivity index is 2.30. The molecule has 0 spiro atoms. The van der Waals surface area contributed by atoms with Gasteiger partial charge < -0.3 is 19.3 Å². The maximum Gasteiger partial charge on any atom is 0.345 e. The van der Waals surface area contributed by atoms with E-state index in [-0.39, 0.29) is 6.42 Å². The molecule has 3 aromatic rings. The van der Waals surface area contributed by atoms with Crippen molar-refractivity contribution in [2.24, 2.45) is 0 Å². The lowest BCUT2D eigenvalue weighted by Crippen LogP contribution is -2.28. The van der Waals surface area contributed by atoms with Gasteiger partial charge in [-0.2, -0.15) is 0 Å². The van der Waals surface area contributed by atoms with Crippen LogP contribution in [0, 0.1) is 5.82 Å². The molecule has 1 N–H and O–H groups in total. The number of hydrogen-bond acceptors (Lipinski definition) is 5. The van der Waals surface area contributed by atoms with Gasteiger partial charge in [-0.15, -0.1) is 0 Å². The zero-order valence-electron chi connectivity index (χ0n) is 15.6. The minimum atomic E-state index is -1.39. The Morgan fingerprint density at radius 2 is 1.82 bits per heavy atom. The number of ether oxygens (including phenoxy) is 3. The van der Waals surface area contributed by atoms with E-state index in [1.54, 1.807) is 36.4 Å². The molecule has 1 unspecified atom stereocenters. The topological polar surface area (TPSA) is 82.1 Å². The van der Waals surface area contributed by atoms with Crippen LogP contribution in [0.15, 0.2) is 36.4 Å². The van der Waals surface area contributed by atoms with Gasteiger partial charge in [0.2, 0.25) is 6.10 Å². The number of carboxylic acids is 1. The number of halogens is 1. The van der Waals surface area contributed by atoms with E-state index >= 15 is 4.39 Å². The Kier molecular flexibility index (Phi) is 5.35. The number of carbonyl (C=O) groups excluding carboxylic acids is 1. The van der Waals surface area contributed by atoms with Gasteiger partial charge in [-0.3, -0.25) is 4.79 Å². The SMILES string of the molecule is COc1ccc2c(F)c3cccc(CC(OC(C)=O)C(=O)O)c3c(OC)c2c1.